The Bertz CT molecular complexity index is 978. The summed E-state index contributed by atoms with van der Waals surface area (Å²) >= 11 is 0. The van der Waals surface area contributed by atoms with E-state index in [9.17, 15) is 13.6 Å². The fourth-order valence-corrected chi connectivity index (χ4v) is 2.35. The molecule has 0 amide bonds. The largest absolute Gasteiger partial charge is 0.465 e. The Kier molecular flexibility index (Phi) is 5.25. The maximum absolute atomic E-state index is 13.4. The number of benzene rings is 2. The van der Waals surface area contributed by atoms with Crippen LogP contribution in [0.3, 0.4) is 0 Å². The number of halogens is 2. The third-order valence-corrected chi connectivity index (χ3v) is 3.61. The molecule has 27 heavy (non-hydrogen) atoms. The molecule has 1 aromatic heterocycles. The van der Waals surface area contributed by atoms with Crippen LogP contribution in [0.25, 0.3) is 0 Å². The standard InChI is InChI=1S/C19H16F2N4O2/c1-11-9-17(23-14-7-8-15(20)16(21)10-14)25-19(22-11)24-13-5-3-12(4-6-13)18(26)27-2/h3-10H,1-2H3,(H2,22,23,24,25). The molecule has 0 atom stereocenters. The van der Waals surface area contributed by atoms with Crippen molar-refractivity contribution in [2.24, 2.45) is 0 Å². The van der Waals surface area contributed by atoms with E-state index in [1.807, 2.05) is 0 Å². The number of rotatable bonds is 5. The van der Waals surface area contributed by atoms with Crippen LogP contribution in [0.1, 0.15) is 16.1 Å². The fourth-order valence-electron chi connectivity index (χ4n) is 2.35. The molecule has 0 fully saturated rings. The quantitative estimate of drug-likeness (QED) is 0.651. The minimum atomic E-state index is -0.949. The molecule has 0 bridgehead atoms. The van der Waals surface area contributed by atoms with Crippen LogP contribution in [-0.4, -0.2) is 23.0 Å². The number of esters is 1. The second kappa shape index (κ2) is 7.77. The van der Waals surface area contributed by atoms with E-state index in [0.29, 0.717) is 34.4 Å². The minimum absolute atomic E-state index is 0.311. The van der Waals surface area contributed by atoms with Crippen molar-refractivity contribution in [2.75, 3.05) is 17.7 Å². The maximum Gasteiger partial charge on any atom is 0.337 e. The topological polar surface area (TPSA) is 76.1 Å². The first-order valence-electron chi connectivity index (χ1n) is 7.98. The van der Waals surface area contributed by atoms with Gasteiger partial charge in [-0.05, 0) is 43.3 Å². The predicted octanol–water partition coefficient (Wildman–Crippen LogP) is 4.34. The summed E-state index contributed by atoms with van der Waals surface area (Å²) in [6.07, 6.45) is 0. The van der Waals surface area contributed by atoms with Crippen molar-refractivity contribution in [2.45, 2.75) is 6.92 Å². The molecule has 1 heterocycles. The van der Waals surface area contributed by atoms with Crippen LogP contribution in [0.2, 0.25) is 0 Å². The number of methoxy groups -OCH3 is 1. The second-order valence-electron chi connectivity index (χ2n) is 5.67. The monoisotopic (exact) mass is 370 g/mol. The Morgan fingerprint density at radius 3 is 2.30 bits per heavy atom. The van der Waals surface area contributed by atoms with Crippen LogP contribution >= 0.6 is 0 Å². The summed E-state index contributed by atoms with van der Waals surface area (Å²) < 4.78 is 31.0. The molecule has 3 aromatic rings. The molecule has 3 rings (SSSR count). The molecule has 6 nitrogen and oxygen atoms in total. The minimum Gasteiger partial charge on any atom is -0.465 e. The Morgan fingerprint density at radius 1 is 0.926 bits per heavy atom. The fraction of sp³-hybridized carbons (Fsp3) is 0.105. The first-order valence-corrected chi connectivity index (χ1v) is 7.98. The highest BCUT2D eigenvalue weighted by atomic mass is 19.2. The van der Waals surface area contributed by atoms with Crippen molar-refractivity contribution < 1.29 is 18.3 Å². The second-order valence-corrected chi connectivity index (χ2v) is 5.67. The van der Waals surface area contributed by atoms with Gasteiger partial charge in [-0.3, -0.25) is 0 Å². The van der Waals surface area contributed by atoms with Gasteiger partial charge in [0.05, 0.1) is 12.7 Å². The van der Waals surface area contributed by atoms with Crippen molar-refractivity contribution in [3.8, 4) is 0 Å². The smallest absolute Gasteiger partial charge is 0.337 e. The molecule has 2 aromatic carbocycles. The van der Waals surface area contributed by atoms with Gasteiger partial charge < -0.3 is 15.4 Å². The van der Waals surface area contributed by atoms with Gasteiger partial charge in [0.25, 0.3) is 0 Å². The molecule has 0 aliphatic heterocycles. The predicted molar refractivity (Wildman–Crippen MR) is 97.5 cm³/mol. The van der Waals surface area contributed by atoms with Gasteiger partial charge in [0.1, 0.15) is 5.82 Å². The SMILES string of the molecule is COC(=O)c1ccc(Nc2nc(C)cc(Nc3ccc(F)c(F)c3)n2)cc1. The zero-order chi connectivity index (χ0) is 19.4. The van der Waals surface area contributed by atoms with Crippen molar-refractivity contribution in [1.29, 1.82) is 0 Å². The highest BCUT2D eigenvalue weighted by Crippen LogP contribution is 2.21. The summed E-state index contributed by atoms with van der Waals surface area (Å²) in [6.45, 7) is 1.78. The Hall–Kier alpha value is -3.55. The van der Waals surface area contributed by atoms with Crippen molar-refractivity contribution in [1.82, 2.24) is 9.97 Å². The number of hydrogen-bond acceptors (Lipinski definition) is 6. The Labute approximate surface area is 154 Å². The number of anilines is 4. The number of aromatic nitrogens is 2. The van der Waals surface area contributed by atoms with Crippen LogP contribution in [0.4, 0.5) is 31.9 Å². The van der Waals surface area contributed by atoms with Gasteiger partial charge in [-0.25, -0.2) is 18.6 Å². The average Bonchev–Trinajstić information content (AvgIpc) is 2.64. The first-order chi connectivity index (χ1) is 12.9. The number of aryl methyl sites for hydroxylation is 1. The van der Waals surface area contributed by atoms with Gasteiger partial charge in [-0.2, -0.15) is 4.98 Å². The molecule has 0 aliphatic rings. The first kappa shape index (κ1) is 18.2. The molecule has 0 aliphatic carbocycles. The summed E-state index contributed by atoms with van der Waals surface area (Å²) in [6, 6.07) is 11.8. The summed E-state index contributed by atoms with van der Waals surface area (Å²) in [5.41, 5.74) is 2.13. The van der Waals surface area contributed by atoms with Crippen LogP contribution in [0, 0.1) is 18.6 Å². The van der Waals surface area contributed by atoms with Gasteiger partial charge in [0.2, 0.25) is 5.95 Å². The molecule has 0 saturated carbocycles. The third-order valence-electron chi connectivity index (χ3n) is 3.61. The van der Waals surface area contributed by atoms with Crippen molar-refractivity contribution >= 4 is 29.1 Å². The van der Waals surface area contributed by atoms with Crippen molar-refractivity contribution in [3.63, 3.8) is 0 Å². The van der Waals surface area contributed by atoms with Gasteiger partial charge in [-0.15, -0.1) is 0 Å². The van der Waals surface area contributed by atoms with E-state index in [4.69, 9.17) is 0 Å². The summed E-state index contributed by atoms with van der Waals surface area (Å²) in [5, 5.41) is 5.94. The van der Waals surface area contributed by atoms with Gasteiger partial charge in [0.15, 0.2) is 11.6 Å². The summed E-state index contributed by atoms with van der Waals surface area (Å²) in [4.78, 5) is 20.1. The Balaban J connectivity index is 1.78. The lowest BCUT2D eigenvalue weighted by molar-refractivity contribution is 0.0601. The van der Waals surface area contributed by atoms with Gasteiger partial charge >= 0.3 is 5.97 Å². The average molecular weight is 370 g/mol. The third kappa shape index (κ3) is 4.55. The molecule has 0 radical (unpaired) electrons. The van der Waals surface area contributed by atoms with E-state index in [-0.39, 0.29) is 0 Å². The summed E-state index contributed by atoms with van der Waals surface area (Å²) in [5.74, 6) is -1.56. The summed E-state index contributed by atoms with van der Waals surface area (Å²) in [7, 11) is 1.32. The van der Waals surface area contributed by atoms with Crippen LogP contribution in [-0.2, 0) is 4.74 Å². The van der Waals surface area contributed by atoms with Gasteiger partial charge in [-0.1, -0.05) is 0 Å². The van der Waals surface area contributed by atoms with E-state index >= 15 is 0 Å². The normalized spacial score (nSPS) is 10.4. The van der Waals surface area contributed by atoms with Crippen LogP contribution < -0.4 is 10.6 Å². The molecule has 2 N–H and O–H groups in total. The van der Waals surface area contributed by atoms with E-state index < -0.39 is 17.6 Å². The number of hydrogen-bond donors (Lipinski definition) is 2. The molecule has 0 saturated heterocycles. The molecule has 0 unspecified atom stereocenters. The molecular formula is C19H16F2N4O2. The lowest BCUT2D eigenvalue weighted by atomic mass is 10.2. The lowest BCUT2D eigenvalue weighted by Gasteiger charge is -2.10. The zero-order valence-electron chi connectivity index (χ0n) is 14.6. The molecule has 8 heteroatoms. The Morgan fingerprint density at radius 2 is 1.63 bits per heavy atom. The zero-order valence-corrected chi connectivity index (χ0v) is 14.6. The number of carbonyl (C=O) groups excluding carboxylic acids is 1. The van der Waals surface area contributed by atoms with E-state index in [2.05, 4.69) is 25.3 Å². The molecule has 0 spiro atoms. The number of ether oxygens (including phenoxy) is 1. The lowest BCUT2D eigenvalue weighted by Crippen LogP contribution is -2.04. The number of nitrogens with one attached hydrogen (secondary N) is 2. The highest BCUT2D eigenvalue weighted by Gasteiger charge is 2.08. The van der Waals surface area contributed by atoms with Gasteiger partial charge in [0, 0.05) is 29.2 Å². The number of carbonyl (C=O) groups is 1. The van der Waals surface area contributed by atoms with E-state index in [1.54, 1.807) is 37.3 Å². The van der Waals surface area contributed by atoms with E-state index in [1.165, 1.54) is 13.2 Å². The molecule has 138 valence electrons. The van der Waals surface area contributed by atoms with E-state index in [0.717, 1.165) is 12.1 Å². The highest BCUT2D eigenvalue weighted by molar-refractivity contribution is 5.89. The van der Waals surface area contributed by atoms with Crippen LogP contribution in [0.15, 0.2) is 48.5 Å². The molecular weight excluding hydrogens is 354 g/mol. The van der Waals surface area contributed by atoms with Crippen LogP contribution in [0.5, 0.6) is 0 Å². The number of nitrogens with zero attached hydrogens (tertiary/aromatic N) is 2. The van der Waals surface area contributed by atoms with Crippen molar-refractivity contribution in [3.05, 3.63) is 71.4 Å². The maximum atomic E-state index is 13.4.